The van der Waals surface area contributed by atoms with Crippen molar-refractivity contribution in [3.63, 3.8) is 0 Å². The van der Waals surface area contributed by atoms with Crippen LogP contribution < -0.4 is 4.90 Å². The molecule has 1 aromatic heterocycles. The Kier molecular flexibility index (Phi) is 5.17. The molecule has 2 aliphatic heterocycles. The summed E-state index contributed by atoms with van der Waals surface area (Å²) in [6.45, 7) is 4.80. The summed E-state index contributed by atoms with van der Waals surface area (Å²) in [5.74, 6) is -0.674. The van der Waals surface area contributed by atoms with Gasteiger partial charge in [-0.15, -0.1) is 0 Å². The number of carboxylic acid groups (broad SMARTS) is 1. The number of carboxylic acids is 1. The number of hydrogen-bond donors (Lipinski definition) is 1. The van der Waals surface area contributed by atoms with Crippen molar-refractivity contribution in [2.24, 2.45) is 0 Å². The molecule has 3 heterocycles. The monoisotopic (exact) mass is 382 g/mol. The molecule has 0 bridgehead atoms. The molecule has 0 radical (unpaired) electrons. The van der Waals surface area contributed by atoms with Crippen LogP contribution in [-0.2, 0) is 35.5 Å². The van der Waals surface area contributed by atoms with Gasteiger partial charge in [-0.25, -0.2) is 0 Å². The number of benzene rings is 1. The van der Waals surface area contributed by atoms with Gasteiger partial charge in [0.1, 0.15) is 0 Å². The molecule has 28 heavy (non-hydrogen) atoms. The zero-order valence-corrected chi connectivity index (χ0v) is 16.2. The highest BCUT2D eigenvalue weighted by Gasteiger charge is 2.31. The van der Waals surface area contributed by atoms with Crippen molar-refractivity contribution in [1.29, 1.82) is 0 Å². The second kappa shape index (κ2) is 7.75. The van der Waals surface area contributed by atoms with Gasteiger partial charge >= 0.3 is 5.97 Å². The highest BCUT2D eigenvalue weighted by Crippen LogP contribution is 2.32. The summed E-state index contributed by atoms with van der Waals surface area (Å²) in [5.41, 5.74) is 4.14. The standard InChI is InChI=1S/C21H26N4O3/c1-15-11-16-5-2-3-6-19(16)25(15)20(26)14-23-9-4-10-24-18(13-23)12-17(22-24)7-8-21(27)28/h2-3,5-6,12,15H,4,7-11,13-14H2,1H3,(H,27,28)/t15-/m1/s1. The largest absolute Gasteiger partial charge is 0.481 e. The number of rotatable bonds is 5. The van der Waals surface area contributed by atoms with Crippen LogP contribution in [-0.4, -0.2) is 50.8 Å². The van der Waals surface area contributed by atoms with Crippen molar-refractivity contribution >= 4 is 17.6 Å². The third kappa shape index (κ3) is 3.80. The molecule has 7 nitrogen and oxygen atoms in total. The van der Waals surface area contributed by atoms with Gasteiger partial charge in [-0.3, -0.25) is 19.2 Å². The lowest BCUT2D eigenvalue weighted by molar-refractivity contribution is -0.137. The molecule has 0 aliphatic carbocycles. The minimum absolute atomic E-state index is 0.0882. The predicted molar refractivity (Wildman–Crippen MR) is 105 cm³/mol. The molecule has 1 aromatic carbocycles. The van der Waals surface area contributed by atoms with Gasteiger partial charge in [0.15, 0.2) is 0 Å². The van der Waals surface area contributed by atoms with Crippen LogP contribution >= 0.6 is 0 Å². The van der Waals surface area contributed by atoms with Crippen LogP contribution in [0.4, 0.5) is 5.69 Å². The molecule has 0 saturated heterocycles. The van der Waals surface area contributed by atoms with Gasteiger partial charge in [-0.05, 0) is 37.5 Å². The molecular weight excluding hydrogens is 356 g/mol. The molecule has 1 atom stereocenters. The zero-order valence-electron chi connectivity index (χ0n) is 16.2. The molecule has 0 unspecified atom stereocenters. The first-order valence-corrected chi connectivity index (χ1v) is 9.91. The van der Waals surface area contributed by atoms with E-state index in [4.69, 9.17) is 5.11 Å². The van der Waals surface area contributed by atoms with E-state index in [1.165, 1.54) is 5.56 Å². The molecule has 4 rings (SSSR count). The fraction of sp³-hybridized carbons (Fsp3) is 0.476. The average Bonchev–Trinajstić information content (AvgIpc) is 3.13. The van der Waals surface area contributed by atoms with Crippen LogP contribution in [0.3, 0.4) is 0 Å². The summed E-state index contributed by atoms with van der Waals surface area (Å²) in [6, 6.07) is 10.3. The Balaban J connectivity index is 1.44. The van der Waals surface area contributed by atoms with Crippen LogP contribution in [0.5, 0.6) is 0 Å². The summed E-state index contributed by atoms with van der Waals surface area (Å²) in [5, 5.41) is 13.4. The Morgan fingerprint density at radius 3 is 2.89 bits per heavy atom. The first-order chi connectivity index (χ1) is 13.5. The lowest BCUT2D eigenvalue weighted by Crippen LogP contribution is -2.43. The molecule has 1 amide bonds. The third-order valence-corrected chi connectivity index (χ3v) is 5.57. The summed E-state index contributed by atoms with van der Waals surface area (Å²) in [4.78, 5) is 28.0. The molecule has 0 saturated carbocycles. The van der Waals surface area contributed by atoms with Crippen LogP contribution in [0.15, 0.2) is 30.3 Å². The molecule has 7 heteroatoms. The van der Waals surface area contributed by atoms with Crippen molar-refractivity contribution in [3.05, 3.63) is 47.3 Å². The Hall–Kier alpha value is -2.67. The Morgan fingerprint density at radius 1 is 1.25 bits per heavy atom. The number of hydrogen-bond acceptors (Lipinski definition) is 4. The number of para-hydroxylation sites is 1. The number of amides is 1. The number of aliphatic carboxylic acids is 1. The van der Waals surface area contributed by atoms with Crippen LogP contribution in [0.2, 0.25) is 0 Å². The number of nitrogens with zero attached hydrogens (tertiary/aromatic N) is 4. The Morgan fingerprint density at radius 2 is 2.07 bits per heavy atom. The number of carbonyl (C=O) groups excluding carboxylic acids is 1. The molecule has 2 aliphatic rings. The van der Waals surface area contributed by atoms with Gasteiger partial charge in [0.05, 0.1) is 24.4 Å². The van der Waals surface area contributed by atoms with E-state index in [1.54, 1.807) is 0 Å². The van der Waals surface area contributed by atoms with E-state index in [2.05, 4.69) is 23.0 Å². The lowest BCUT2D eigenvalue weighted by Gasteiger charge is -2.27. The fourth-order valence-electron chi connectivity index (χ4n) is 4.29. The predicted octanol–water partition coefficient (Wildman–Crippen LogP) is 2.08. The molecule has 148 valence electrons. The van der Waals surface area contributed by atoms with E-state index in [9.17, 15) is 9.59 Å². The highest BCUT2D eigenvalue weighted by atomic mass is 16.4. The minimum Gasteiger partial charge on any atom is -0.481 e. The second-order valence-corrected chi connectivity index (χ2v) is 7.75. The van der Waals surface area contributed by atoms with Crippen LogP contribution in [0.1, 0.15) is 36.7 Å². The fourth-order valence-corrected chi connectivity index (χ4v) is 4.29. The van der Waals surface area contributed by atoms with Gasteiger partial charge < -0.3 is 10.0 Å². The van der Waals surface area contributed by atoms with Crippen molar-refractivity contribution in [1.82, 2.24) is 14.7 Å². The van der Waals surface area contributed by atoms with E-state index in [0.29, 0.717) is 19.5 Å². The normalized spacial score (nSPS) is 19.2. The van der Waals surface area contributed by atoms with Gasteiger partial charge in [0, 0.05) is 37.8 Å². The molecular formula is C21H26N4O3. The number of aryl methyl sites for hydroxylation is 2. The number of carbonyl (C=O) groups is 2. The zero-order chi connectivity index (χ0) is 19.7. The summed E-state index contributed by atoms with van der Waals surface area (Å²) >= 11 is 0. The highest BCUT2D eigenvalue weighted by molar-refractivity contribution is 5.97. The van der Waals surface area contributed by atoms with Gasteiger partial charge in [-0.2, -0.15) is 5.10 Å². The SMILES string of the molecule is C[C@@H]1Cc2ccccc2N1C(=O)CN1CCCn2nc(CCC(=O)O)cc2C1. The maximum absolute atomic E-state index is 13.1. The van der Waals surface area contributed by atoms with E-state index >= 15 is 0 Å². The molecule has 0 fully saturated rings. The van der Waals surface area contributed by atoms with Crippen molar-refractivity contribution < 1.29 is 14.7 Å². The van der Waals surface area contributed by atoms with E-state index in [0.717, 1.165) is 43.0 Å². The molecule has 1 N–H and O–H groups in total. The lowest BCUT2D eigenvalue weighted by atomic mass is 10.1. The number of anilines is 1. The summed E-state index contributed by atoms with van der Waals surface area (Å²) in [6.07, 6.45) is 2.36. The van der Waals surface area contributed by atoms with Gasteiger partial charge in [-0.1, -0.05) is 18.2 Å². The quantitative estimate of drug-likeness (QED) is 0.857. The van der Waals surface area contributed by atoms with E-state index in [-0.39, 0.29) is 18.4 Å². The maximum atomic E-state index is 13.1. The minimum atomic E-state index is -0.810. The first-order valence-electron chi connectivity index (χ1n) is 9.91. The van der Waals surface area contributed by atoms with Crippen LogP contribution in [0, 0.1) is 0 Å². The van der Waals surface area contributed by atoms with Crippen molar-refractivity contribution in [3.8, 4) is 0 Å². The molecule has 2 aromatic rings. The second-order valence-electron chi connectivity index (χ2n) is 7.75. The Bertz CT molecular complexity index is 892. The Labute approximate surface area is 164 Å². The maximum Gasteiger partial charge on any atom is 0.303 e. The first kappa shape index (κ1) is 18.7. The van der Waals surface area contributed by atoms with Crippen molar-refractivity contribution in [2.75, 3.05) is 18.0 Å². The average molecular weight is 382 g/mol. The van der Waals surface area contributed by atoms with Gasteiger partial charge in [0.25, 0.3) is 0 Å². The number of fused-ring (bicyclic) bond motifs is 2. The van der Waals surface area contributed by atoms with E-state index in [1.807, 2.05) is 33.8 Å². The smallest absolute Gasteiger partial charge is 0.303 e. The summed E-state index contributed by atoms with van der Waals surface area (Å²) < 4.78 is 1.97. The van der Waals surface area contributed by atoms with E-state index < -0.39 is 5.97 Å². The molecule has 0 spiro atoms. The summed E-state index contributed by atoms with van der Waals surface area (Å²) in [7, 11) is 0. The number of aromatic nitrogens is 2. The topological polar surface area (TPSA) is 78.7 Å². The third-order valence-electron chi connectivity index (χ3n) is 5.57. The van der Waals surface area contributed by atoms with Gasteiger partial charge in [0.2, 0.25) is 5.91 Å². The van der Waals surface area contributed by atoms with Crippen LogP contribution in [0.25, 0.3) is 0 Å². The van der Waals surface area contributed by atoms with Crippen molar-refractivity contribution in [2.45, 2.75) is 51.7 Å².